The van der Waals surface area contributed by atoms with Crippen LogP contribution in [0.2, 0.25) is 0 Å². The van der Waals surface area contributed by atoms with Crippen molar-refractivity contribution in [2.75, 3.05) is 20.2 Å². The van der Waals surface area contributed by atoms with Crippen LogP contribution in [-0.2, 0) is 9.53 Å². The predicted molar refractivity (Wildman–Crippen MR) is 74.6 cm³/mol. The first kappa shape index (κ1) is 15.5. The molecule has 1 aliphatic carbocycles. The predicted octanol–water partition coefficient (Wildman–Crippen LogP) is 3.37. The van der Waals surface area contributed by atoms with Crippen molar-refractivity contribution in [3.8, 4) is 0 Å². The lowest BCUT2D eigenvalue weighted by Gasteiger charge is -2.31. The van der Waals surface area contributed by atoms with Crippen LogP contribution in [0.4, 0.5) is 0 Å². The second kappa shape index (κ2) is 9.37. The summed E-state index contributed by atoms with van der Waals surface area (Å²) < 4.78 is 4.92. The van der Waals surface area contributed by atoms with Crippen LogP contribution in [0.25, 0.3) is 0 Å². The highest BCUT2D eigenvalue weighted by atomic mass is 16.5. The van der Waals surface area contributed by atoms with Crippen LogP contribution in [-0.4, -0.2) is 37.1 Å². The van der Waals surface area contributed by atoms with Crippen molar-refractivity contribution in [3.05, 3.63) is 0 Å². The fraction of sp³-hybridized carbons (Fsp3) is 0.933. The van der Waals surface area contributed by atoms with Gasteiger partial charge in [-0.05, 0) is 46.2 Å². The average Bonchev–Trinajstić information content (AvgIpc) is 2.39. The molecule has 1 rings (SSSR count). The number of nitrogens with zero attached hydrogens (tertiary/aromatic N) is 1. The summed E-state index contributed by atoms with van der Waals surface area (Å²) in [5.41, 5.74) is 0. The molecule has 0 aromatic heterocycles. The third-order valence-corrected chi connectivity index (χ3v) is 3.90. The van der Waals surface area contributed by atoms with Crippen molar-refractivity contribution >= 4 is 5.97 Å². The zero-order chi connectivity index (χ0) is 13.2. The summed E-state index contributed by atoms with van der Waals surface area (Å²) >= 11 is 0. The Balaban J connectivity index is 1.98. The van der Waals surface area contributed by atoms with E-state index in [1.165, 1.54) is 45.1 Å². The maximum absolute atomic E-state index is 11.2. The number of esters is 1. The van der Waals surface area contributed by atoms with E-state index in [1.54, 1.807) is 0 Å². The lowest BCUT2D eigenvalue weighted by molar-refractivity contribution is -0.143. The van der Waals surface area contributed by atoms with E-state index in [9.17, 15) is 4.79 Å². The van der Waals surface area contributed by atoms with Gasteiger partial charge in [0.15, 0.2) is 0 Å². The number of ether oxygens (including phenoxy) is 1. The molecule has 1 aliphatic rings. The highest BCUT2D eigenvalue weighted by Crippen LogP contribution is 2.21. The van der Waals surface area contributed by atoms with Gasteiger partial charge in [0, 0.05) is 12.5 Å². The molecule has 0 spiro atoms. The first-order valence-corrected chi connectivity index (χ1v) is 7.60. The third-order valence-electron chi connectivity index (χ3n) is 3.90. The zero-order valence-corrected chi connectivity index (χ0v) is 12.1. The van der Waals surface area contributed by atoms with Crippen molar-refractivity contribution in [2.24, 2.45) is 0 Å². The highest BCUT2D eigenvalue weighted by molar-refractivity contribution is 5.69. The Labute approximate surface area is 112 Å². The minimum atomic E-state index is -0.0434. The van der Waals surface area contributed by atoms with E-state index in [-0.39, 0.29) is 5.97 Å². The second-order valence-electron chi connectivity index (χ2n) is 5.39. The van der Waals surface area contributed by atoms with E-state index in [2.05, 4.69) is 11.9 Å². The van der Waals surface area contributed by atoms with Crippen LogP contribution in [0, 0.1) is 0 Å². The van der Waals surface area contributed by atoms with Gasteiger partial charge in [-0.2, -0.15) is 0 Å². The van der Waals surface area contributed by atoms with Gasteiger partial charge in [-0.3, -0.25) is 4.79 Å². The summed E-state index contributed by atoms with van der Waals surface area (Å²) in [6, 6.07) is 0.809. The molecule has 0 unspecified atom stereocenters. The first-order valence-electron chi connectivity index (χ1n) is 7.60. The van der Waals surface area contributed by atoms with Crippen LogP contribution in [0.5, 0.6) is 0 Å². The van der Waals surface area contributed by atoms with Crippen molar-refractivity contribution in [3.63, 3.8) is 0 Å². The standard InChI is InChI=1S/C15H29NO2/c1-3-18-15(17)12-8-5-9-13-16(2)14-10-6-4-7-11-14/h14H,3-13H2,1-2H3. The topological polar surface area (TPSA) is 29.5 Å². The molecule has 0 aliphatic heterocycles. The smallest absolute Gasteiger partial charge is 0.305 e. The normalized spacial score (nSPS) is 17.1. The lowest BCUT2D eigenvalue weighted by atomic mass is 9.94. The van der Waals surface area contributed by atoms with Gasteiger partial charge in [-0.15, -0.1) is 0 Å². The third kappa shape index (κ3) is 6.39. The molecule has 1 fully saturated rings. The van der Waals surface area contributed by atoms with Crippen LogP contribution in [0.3, 0.4) is 0 Å². The van der Waals surface area contributed by atoms with Crippen molar-refractivity contribution < 1.29 is 9.53 Å². The maximum Gasteiger partial charge on any atom is 0.305 e. The van der Waals surface area contributed by atoms with Crippen molar-refractivity contribution in [1.82, 2.24) is 4.90 Å². The molecule has 18 heavy (non-hydrogen) atoms. The summed E-state index contributed by atoms with van der Waals surface area (Å²) in [6.45, 7) is 3.54. The maximum atomic E-state index is 11.2. The average molecular weight is 255 g/mol. The summed E-state index contributed by atoms with van der Waals surface area (Å²) in [5, 5.41) is 0. The molecule has 0 amide bonds. The molecule has 106 valence electrons. The van der Waals surface area contributed by atoms with E-state index in [0.29, 0.717) is 13.0 Å². The number of hydrogen-bond acceptors (Lipinski definition) is 3. The quantitative estimate of drug-likeness (QED) is 0.492. The van der Waals surface area contributed by atoms with Gasteiger partial charge in [0.2, 0.25) is 0 Å². The zero-order valence-electron chi connectivity index (χ0n) is 12.1. The monoisotopic (exact) mass is 255 g/mol. The van der Waals surface area contributed by atoms with Crippen LogP contribution < -0.4 is 0 Å². The first-order chi connectivity index (χ1) is 8.74. The Hall–Kier alpha value is -0.570. The van der Waals surface area contributed by atoms with Crippen LogP contribution >= 0.6 is 0 Å². The van der Waals surface area contributed by atoms with Gasteiger partial charge in [0.05, 0.1) is 6.61 Å². The summed E-state index contributed by atoms with van der Waals surface area (Å²) in [4.78, 5) is 13.7. The van der Waals surface area contributed by atoms with E-state index in [0.717, 1.165) is 18.9 Å². The molecular formula is C15H29NO2. The molecular weight excluding hydrogens is 226 g/mol. The lowest BCUT2D eigenvalue weighted by Crippen LogP contribution is -2.34. The van der Waals surface area contributed by atoms with Crippen molar-refractivity contribution in [1.29, 1.82) is 0 Å². The van der Waals surface area contributed by atoms with Gasteiger partial charge in [-0.25, -0.2) is 0 Å². The molecule has 0 atom stereocenters. The van der Waals surface area contributed by atoms with Gasteiger partial charge in [-0.1, -0.05) is 25.7 Å². The molecule has 0 saturated heterocycles. The van der Waals surface area contributed by atoms with E-state index in [1.807, 2.05) is 6.92 Å². The number of carbonyl (C=O) groups excluding carboxylic acids is 1. The Kier molecular flexibility index (Phi) is 8.06. The molecule has 3 heteroatoms. The fourth-order valence-electron chi connectivity index (χ4n) is 2.74. The minimum Gasteiger partial charge on any atom is -0.466 e. The SMILES string of the molecule is CCOC(=O)CCCCCN(C)C1CCCCC1. The molecule has 0 N–H and O–H groups in total. The number of hydrogen-bond donors (Lipinski definition) is 0. The molecule has 0 bridgehead atoms. The van der Waals surface area contributed by atoms with Crippen molar-refractivity contribution in [2.45, 2.75) is 70.8 Å². The summed E-state index contributed by atoms with van der Waals surface area (Å²) in [7, 11) is 2.25. The molecule has 0 aromatic rings. The van der Waals surface area contributed by atoms with E-state index in [4.69, 9.17) is 4.74 Å². The number of carbonyl (C=O) groups is 1. The Morgan fingerprint density at radius 1 is 1.17 bits per heavy atom. The number of unbranched alkanes of at least 4 members (excludes halogenated alkanes) is 2. The van der Waals surface area contributed by atoms with Gasteiger partial charge in [0.1, 0.15) is 0 Å². The summed E-state index contributed by atoms with van der Waals surface area (Å²) in [6.07, 6.45) is 10.9. The fourth-order valence-corrected chi connectivity index (χ4v) is 2.74. The second-order valence-corrected chi connectivity index (χ2v) is 5.39. The molecule has 1 saturated carbocycles. The highest BCUT2D eigenvalue weighted by Gasteiger charge is 2.17. The Morgan fingerprint density at radius 2 is 1.89 bits per heavy atom. The molecule has 0 aromatic carbocycles. The van der Waals surface area contributed by atoms with E-state index < -0.39 is 0 Å². The van der Waals surface area contributed by atoms with Gasteiger partial charge in [0.25, 0.3) is 0 Å². The minimum absolute atomic E-state index is 0.0434. The van der Waals surface area contributed by atoms with Gasteiger partial charge >= 0.3 is 5.97 Å². The Morgan fingerprint density at radius 3 is 2.56 bits per heavy atom. The van der Waals surface area contributed by atoms with Crippen LogP contribution in [0.15, 0.2) is 0 Å². The number of rotatable bonds is 8. The summed E-state index contributed by atoms with van der Waals surface area (Å²) in [5.74, 6) is -0.0434. The molecule has 3 nitrogen and oxygen atoms in total. The molecule has 0 heterocycles. The Bertz CT molecular complexity index is 225. The largest absolute Gasteiger partial charge is 0.466 e. The van der Waals surface area contributed by atoms with Gasteiger partial charge < -0.3 is 9.64 Å². The molecule has 0 radical (unpaired) electrons. The van der Waals surface area contributed by atoms with Crippen LogP contribution in [0.1, 0.15) is 64.7 Å². The van der Waals surface area contributed by atoms with E-state index >= 15 is 0 Å².